The molecule has 0 rings (SSSR count). The highest BCUT2D eigenvalue weighted by Crippen LogP contribution is 2.12. The molecule has 9 amide bonds. The van der Waals surface area contributed by atoms with Crippen molar-refractivity contribution in [2.45, 2.75) is 166 Å². The standard InChI is InChI=1S/C48H90N22O15/c1-21(2)33(68-43(84)34(22(3)4)69-44(85)35(24(6)72)70-41(82)32(49)23(5)71)42(83)66-28(14-10-18-61-48(56)57)38(79)64-26(12-8-16-59-46(52)53)37(78)65-27(13-9-17-60-47(54)55)39(80)67-29(19-30(73)74)40(81)63-25(11-7-15-58-45(50)51)36(77)62-20-31(75)76/h21-29,32-35,71-72H,7-20,49H2,1-6H3,(H,62,77)(H,63,81)(H,64,79)(H,65,78)(H,66,83)(H,67,80)(H,68,84)(H,69,85)(H,70,82)(H,73,74)(H,75,76)(H4,50,51,58)(H4,52,53,59)(H4,54,55,60)(H4,56,57,61)/t23-,24-,25+,26+,27+,28+,29+,32+,33+,34+,35+/m1/s1. The van der Waals surface area contributed by atoms with Crippen LogP contribution in [0.1, 0.15) is 99.3 Å². The first-order chi connectivity index (χ1) is 39.6. The Kier molecular flexibility index (Phi) is 35.5. The van der Waals surface area contributed by atoms with Gasteiger partial charge < -0.3 is 120 Å². The van der Waals surface area contributed by atoms with Gasteiger partial charge in [0.05, 0.1) is 18.6 Å². The lowest BCUT2D eigenvalue weighted by molar-refractivity contribution is -0.142. The molecule has 0 bridgehead atoms. The minimum atomic E-state index is -1.94. The first kappa shape index (κ1) is 76.1. The summed E-state index contributed by atoms with van der Waals surface area (Å²) in [6.07, 6.45) is -4.79. The van der Waals surface area contributed by atoms with Crippen molar-refractivity contribution in [2.75, 3.05) is 32.7 Å². The van der Waals surface area contributed by atoms with Crippen LogP contribution < -0.4 is 99.5 Å². The molecule has 0 radical (unpaired) electrons. The monoisotopic (exact) mass is 1210 g/mol. The van der Waals surface area contributed by atoms with Gasteiger partial charge in [0, 0.05) is 26.2 Å². The van der Waals surface area contributed by atoms with E-state index < -0.39 is 156 Å². The number of carbonyl (C=O) groups is 11. The summed E-state index contributed by atoms with van der Waals surface area (Å²) >= 11 is 0. The van der Waals surface area contributed by atoms with Crippen molar-refractivity contribution in [1.29, 1.82) is 0 Å². The highest BCUT2D eigenvalue weighted by atomic mass is 16.4. The smallest absolute Gasteiger partial charge is 0.322 e. The fraction of sp³-hybridized carbons (Fsp3) is 0.688. The Labute approximate surface area is 490 Å². The molecule has 0 aromatic rings. The van der Waals surface area contributed by atoms with Gasteiger partial charge in [0.25, 0.3) is 0 Å². The van der Waals surface area contributed by atoms with Crippen LogP contribution in [0.25, 0.3) is 0 Å². The van der Waals surface area contributed by atoms with Gasteiger partial charge in [-0.05, 0) is 77.0 Å². The molecule has 0 saturated heterocycles. The van der Waals surface area contributed by atoms with Gasteiger partial charge in [-0.15, -0.1) is 0 Å². The van der Waals surface area contributed by atoms with Crippen LogP contribution in [0.2, 0.25) is 0 Å². The molecule has 0 aliphatic rings. The van der Waals surface area contributed by atoms with E-state index in [0.717, 1.165) is 0 Å². The number of hydrogen-bond acceptors (Lipinski definition) is 18. The molecule has 31 N–H and O–H groups in total. The maximum atomic E-state index is 14.5. The van der Waals surface area contributed by atoms with Crippen LogP contribution in [0.4, 0.5) is 0 Å². The zero-order chi connectivity index (χ0) is 65.3. The molecule has 482 valence electrons. The van der Waals surface area contributed by atoms with Crippen molar-refractivity contribution in [3.05, 3.63) is 0 Å². The average Bonchev–Trinajstić information content (AvgIpc) is 3.56. The number of aliphatic carboxylic acids is 2. The summed E-state index contributed by atoms with van der Waals surface area (Å²) in [5, 5.41) is 60.7. The molecule has 0 heterocycles. The Morgan fingerprint density at radius 3 is 0.941 bits per heavy atom. The van der Waals surface area contributed by atoms with Crippen molar-refractivity contribution < 1.29 is 73.2 Å². The Hall–Kier alpha value is -8.87. The van der Waals surface area contributed by atoms with E-state index in [9.17, 15) is 68.1 Å². The molecule has 0 fully saturated rings. The molecule has 85 heavy (non-hydrogen) atoms. The summed E-state index contributed by atoms with van der Waals surface area (Å²) in [7, 11) is 0. The Morgan fingerprint density at radius 2 is 0.647 bits per heavy atom. The maximum absolute atomic E-state index is 14.5. The second kappa shape index (κ2) is 39.6. The van der Waals surface area contributed by atoms with Crippen molar-refractivity contribution in [1.82, 2.24) is 47.9 Å². The third kappa shape index (κ3) is 32.0. The molecular formula is C48H90N22O15. The third-order valence-electron chi connectivity index (χ3n) is 12.1. The van der Waals surface area contributed by atoms with Gasteiger partial charge in [0.2, 0.25) is 53.2 Å². The van der Waals surface area contributed by atoms with Gasteiger partial charge in [-0.3, -0.25) is 72.7 Å². The Morgan fingerprint density at radius 1 is 0.365 bits per heavy atom. The van der Waals surface area contributed by atoms with Crippen LogP contribution in [-0.2, 0) is 52.7 Å². The number of hydrogen-bond donors (Lipinski definition) is 22. The Bertz CT molecular complexity index is 2370. The zero-order valence-electron chi connectivity index (χ0n) is 48.7. The quantitative estimate of drug-likeness (QED) is 0.0154. The third-order valence-corrected chi connectivity index (χ3v) is 12.1. The van der Waals surface area contributed by atoms with Crippen molar-refractivity contribution >= 4 is 88.9 Å². The van der Waals surface area contributed by atoms with Crippen molar-refractivity contribution in [2.24, 2.45) is 83.4 Å². The summed E-state index contributed by atoms with van der Waals surface area (Å²) in [4.78, 5) is 163. The molecule has 0 aromatic carbocycles. The molecule has 0 aliphatic carbocycles. The molecular weight excluding hydrogens is 1120 g/mol. The minimum Gasteiger partial charge on any atom is -0.481 e. The van der Waals surface area contributed by atoms with Gasteiger partial charge in [-0.25, -0.2) is 0 Å². The van der Waals surface area contributed by atoms with Gasteiger partial charge in [-0.2, -0.15) is 0 Å². The first-order valence-electron chi connectivity index (χ1n) is 27.1. The number of nitrogens with two attached hydrogens (primary N) is 9. The highest BCUT2D eigenvalue weighted by molar-refractivity contribution is 5.99. The number of carboxylic acids is 2. The van der Waals surface area contributed by atoms with Gasteiger partial charge in [-0.1, -0.05) is 27.7 Å². The average molecular weight is 1220 g/mol. The van der Waals surface area contributed by atoms with Crippen LogP contribution in [0.15, 0.2) is 20.0 Å². The summed E-state index contributed by atoms with van der Waals surface area (Å²) in [6.45, 7) is 7.51. The number of nitrogens with one attached hydrogen (secondary N) is 9. The number of amides is 9. The number of carboxylic acid groups (broad SMARTS) is 2. The predicted molar refractivity (Wildman–Crippen MR) is 309 cm³/mol. The summed E-state index contributed by atoms with van der Waals surface area (Å²) in [6, 6.07) is -14.1. The van der Waals surface area contributed by atoms with Gasteiger partial charge in [0.1, 0.15) is 60.9 Å². The van der Waals surface area contributed by atoms with E-state index >= 15 is 0 Å². The van der Waals surface area contributed by atoms with E-state index in [1.165, 1.54) is 13.8 Å². The fourth-order valence-corrected chi connectivity index (χ4v) is 7.54. The Balaban J connectivity index is 7.24. The lowest BCUT2D eigenvalue weighted by Crippen LogP contribution is -2.63. The number of aliphatic imine (C=N–C) groups is 4. The second-order valence-corrected chi connectivity index (χ2v) is 20.3. The molecule has 11 atom stereocenters. The number of aliphatic hydroxyl groups is 2. The topological polar surface area (TPSA) is 661 Å². The molecule has 0 unspecified atom stereocenters. The second-order valence-electron chi connectivity index (χ2n) is 20.3. The van der Waals surface area contributed by atoms with Gasteiger partial charge in [0.15, 0.2) is 23.8 Å². The van der Waals surface area contributed by atoms with Crippen LogP contribution >= 0.6 is 0 Å². The number of carbonyl (C=O) groups excluding carboxylic acids is 9. The SMILES string of the molecule is CC(C)[C@H](NC(=O)[C@@H](NC(=O)[C@@H](NC(=O)[C@@H](N)[C@@H](C)O)[C@@H](C)O)C(C)C)C(=O)N[C@@H](CCCN=C(N)N)C(=O)N[C@@H](CCCN=C(N)N)C(=O)N[C@@H](CCCN=C(N)N)C(=O)N[C@@H](CC(=O)O)C(=O)N[C@@H](CCCN=C(N)N)C(=O)NCC(=O)O. The van der Waals surface area contributed by atoms with Crippen LogP contribution in [0.5, 0.6) is 0 Å². The van der Waals surface area contributed by atoms with E-state index in [-0.39, 0.29) is 101 Å². The van der Waals surface area contributed by atoms with Crippen LogP contribution in [-0.4, -0.2) is 209 Å². The molecule has 37 heteroatoms. The van der Waals surface area contributed by atoms with E-state index in [4.69, 9.17) is 56.7 Å². The lowest BCUT2D eigenvalue weighted by Gasteiger charge is -2.30. The largest absolute Gasteiger partial charge is 0.481 e. The molecule has 0 aromatic heterocycles. The summed E-state index contributed by atoms with van der Waals surface area (Å²) in [5.74, 6) is -14.8. The fourth-order valence-electron chi connectivity index (χ4n) is 7.54. The predicted octanol–water partition coefficient (Wildman–Crippen LogP) is -9.84. The minimum absolute atomic E-state index is 0.00189. The molecule has 0 saturated carbocycles. The summed E-state index contributed by atoms with van der Waals surface area (Å²) in [5.41, 5.74) is 49.4. The maximum Gasteiger partial charge on any atom is 0.322 e. The van der Waals surface area contributed by atoms with Crippen molar-refractivity contribution in [3.63, 3.8) is 0 Å². The van der Waals surface area contributed by atoms with E-state index in [2.05, 4.69) is 67.8 Å². The van der Waals surface area contributed by atoms with Crippen LogP contribution in [0, 0.1) is 11.8 Å². The van der Waals surface area contributed by atoms with Crippen molar-refractivity contribution in [3.8, 4) is 0 Å². The molecule has 37 nitrogen and oxygen atoms in total. The molecule has 0 aliphatic heterocycles. The summed E-state index contributed by atoms with van der Waals surface area (Å²) < 4.78 is 0. The molecule has 0 spiro atoms. The van der Waals surface area contributed by atoms with E-state index in [1.807, 2.05) is 0 Å². The van der Waals surface area contributed by atoms with E-state index in [0.29, 0.717) is 0 Å². The van der Waals surface area contributed by atoms with Gasteiger partial charge >= 0.3 is 11.9 Å². The zero-order valence-corrected chi connectivity index (χ0v) is 48.7. The number of nitrogens with zero attached hydrogens (tertiary/aromatic N) is 4. The highest BCUT2D eigenvalue weighted by Gasteiger charge is 2.38. The number of guanidine groups is 4. The number of aliphatic hydroxyl groups excluding tert-OH is 2. The van der Waals surface area contributed by atoms with E-state index in [1.54, 1.807) is 27.7 Å². The lowest BCUT2D eigenvalue weighted by atomic mass is 9.98. The normalized spacial score (nSPS) is 14.8. The number of rotatable bonds is 41. The first-order valence-corrected chi connectivity index (χ1v) is 27.1. The van der Waals surface area contributed by atoms with Crippen LogP contribution in [0.3, 0.4) is 0 Å².